The molecular weight excluding hydrogens is 477 g/mol. The van der Waals surface area contributed by atoms with Gasteiger partial charge in [0.1, 0.15) is 11.0 Å². The van der Waals surface area contributed by atoms with Gasteiger partial charge in [-0.25, -0.2) is 9.37 Å². The first-order valence-electron chi connectivity index (χ1n) is 7.58. The summed E-state index contributed by atoms with van der Waals surface area (Å²) in [6.07, 6.45) is 3.03. The Morgan fingerprint density at radius 2 is 1.84 bits per heavy atom. The van der Waals surface area contributed by atoms with Crippen LogP contribution in [0.5, 0.6) is 0 Å². The van der Waals surface area contributed by atoms with Crippen LogP contribution in [0.15, 0.2) is 41.5 Å². The molecule has 0 aliphatic heterocycles. The molecule has 0 unspecified atom stereocenters. The summed E-state index contributed by atoms with van der Waals surface area (Å²) in [5.41, 5.74) is 1.59. The summed E-state index contributed by atoms with van der Waals surface area (Å²) in [4.78, 5) is 8.18. The van der Waals surface area contributed by atoms with Crippen LogP contribution in [-0.4, -0.2) is 31.1 Å². The lowest BCUT2D eigenvalue weighted by atomic mass is 10.1. The van der Waals surface area contributed by atoms with E-state index in [4.69, 9.17) is 23.2 Å². The summed E-state index contributed by atoms with van der Waals surface area (Å²) in [6.45, 7) is 1.23. The van der Waals surface area contributed by atoms with E-state index in [0.29, 0.717) is 41.2 Å². The average molecular weight is 497 g/mol. The van der Waals surface area contributed by atoms with E-state index in [1.54, 1.807) is 31.4 Å². The van der Waals surface area contributed by atoms with Crippen LogP contribution in [0.2, 0.25) is 10.2 Å². The molecule has 2 N–H and O–H groups in total. The molecule has 25 heavy (non-hydrogen) atoms. The SMILES string of the molecule is CN=C(NCCc1ccc(Cl)nc1)NCCc1c(F)cccc1Cl.I. The van der Waals surface area contributed by atoms with Crippen LogP contribution in [0.25, 0.3) is 0 Å². The molecule has 1 heterocycles. The van der Waals surface area contributed by atoms with E-state index < -0.39 is 0 Å². The van der Waals surface area contributed by atoms with E-state index in [0.717, 1.165) is 12.0 Å². The number of benzene rings is 1. The molecule has 0 saturated heterocycles. The van der Waals surface area contributed by atoms with E-state index in [2.05, 4.69) is 20.6 Å². The fourth-order valence-corrected chi connectivity index (χ4v) is 2.55. The van der Waals surface area contributed by atoms with Gasteiger partial charge in [-0.1, -0.05) is 35.3 Å². The topological polar surface area (TPSA) is 49.3 Å². The smallest absolute Gasteiger partial charge is 0.190 e. The predicted octanol–water partition coefficient (Wildman–Crippen LogP) is 4.10. The van der Waals surface area contributed by atoms with Crippen LogP contribution < -0.4 is 10.6 Å². The van der Waals surface area contributed by atoms with E-state index >= 15 is 0 Å². The number of aliphatic imine (C=N–C) groups is 1. The number of halogens is 4. The Morgan fingerprint density at radius 1 is 1.12 bits per heavy atom. The van der Waals surface area contributed by atoms with Crippen LogP contribution in [0.4, 0.5) is 4.39 Å². The summed E-state index contributed by atoms with van der Waals surface area (Å²) in [5.74, 6) is 0.367. The molecule has 8 heteroatoms. The molecule has 1 aromatic carbocycles. The molecule has 1 aromatic heterocycles. The molecule has 2 rings (SSSR count). The number of guanidine groups is 1. The molecule has 0 aliphatic rings. The molecule has 0 amide bonds. The van der Waals surface area contributed by atoms with Crippen molar-refractivity contribution in [2.75, 3.05) is 20.1 Å². The van der Waals surface area contributed by atoms with Crippen molar-refractivity contribution < 1.29 is 4.39 Å². The Morgan fingerprint density at radius 3 is 2.44 bits per heavy atom. The van der Waals surface area contributed by atoms with Gasteiger partial charge in [0.15, 0.2) is 5.96 Å². The third-order valence-electron chi connectivity index (χ3n) is 3.45. The molecule has 0 aliphatic carbocycles. The Hall–Kier alpha value is -1.12. The Balaban J connectivity index is 0.00000312. The zero-order valence-corrected chi connectivity index (χ0v) is 17.6. The van der Waals surface area contributed by atoms with E-state index in [-0.39, 0.29) is 29.8 Å². The highest BCUT2D eigenvalue weighted by atomic mass is 127. The van der Waals surface area contributed by atoms with Crippen molar-refractivity contribution in [3.05, 3.63) is 63.6 Å². The first-order valence-corrected chi connectivity index (χ1v) is 8.33. The van der Waals surface area contributed by atoms with Gasteiger partial charge in [-0.3, -0.25) is 4.99 Å². The first kappa shape index (κ1) is 21.9. The maximum Gasteiger partial charge on any atom is 0.190 e. The summed E-state index contributed by atoms with van der Waals surface area (Å²) in [6, 6.07) is 8.40. The highest BCUT2D eigenvalue weighted by Gasteiger charge is 2.06. The van der Waals surface area contributed by atoms with Crippen molar-refractivity contribution in [1.29, 1.82) is 0 Å². The van der Waals surface area contributed by atoms with Gasteiger partial charge in [0, 0.05) is 36.9 Å². The van der Waals surface area contributed by atoms with Crippen molar-refractivity contribution in [2.45, 2.75) is 12.8 Å². The largest absolute Gasteiger partial charge is 0.356 e. The molecule has 4 nitrogen and oxygen atoms in total. The lowest BCUT2D eigenvalue weighted by Gasteiger charge is -2.12. The highest BCUT2D eigenvalue weighted by Crippen LogP contribution is 2.18. The van der Waals surface area contributed by atoms with E-state index in [1.807, 2.05) is 6.07 Å². The third kappa shape index (κ3) is 7.33. The molecule has 136 valence electrons. The Kier molecular flexibility index (Phi) is 10.1. The van der Waals surface area contributed by atoms with Gasteiger partial charge in [0.25, 0.3) is 0 Å². The van der Waals surface area contributed by atoms with Crippen molar-refractivity contribution in [3.8, 4) is 0 Å². The lowest BCUT2D eigenvalue weighted by Crippen LogP contribution is -2.39. The van der Waals surface area contributed by atoms with Gasteiger partial charge in [-0.2, -0.15) is 0 Å². The molecule has 0 radical (unpaired) electrons. The van der Waals surface area contributed by atoms with Gasteiger partial charge < -0.3 is 10.6 Å². The Labute approximate surface area is 174 Å². The molecule has 2 aromatic rings. The van der Waals surface area contributed by atoms with Gasteiger partial charge in [0.2, 0.25) is 0 Å². The van der Waals surface area contributed by atoms with Crippen molar-refractivity contribution in [2.24, 2.45) is 4.99 Å². The monoisotopic (exact) mass is 496 g/mol. The number of aromatic nitrogens is 1. The van der Waals surface area contributed by atoms with Crippen LogP contribution in [0.1, 0.15) is 11.1 Å². The fourth-order valence-electron chi connectivity index (χ4n) is 2.18. The van der Waals surface area contributed by atoms with Gasteiger partial charge >= 0.3 is 0 Å². The second kappa shape index (κ2) is 11.5. The normalized spacial score (nSPS) is 11.0. The molecule has 0 fully saturated rings. The minimum atomic E-state index is -0.289. The number of nitrogens with one attached hydrogen (secondary N) is 2. The van der Waals surface area contributed by atoms with Gasteiger partial charge in [0.05, 0.1) is 0 Å². The van der Waals surface area contributed by atoms with Crippen LogP contribution in [-0.2, 0) is 12.8 Å². The zero-order valence-electron chi connectivity index (χ0n) is 13.7. The number of nitrogens with zero attached hydrogens (tertiary/aromatic N) is 2. The fraction of sp³-hybridized carbons (Fsp3) is 0.294. The van der Waals surface area contributed by atoms with E-state index in [1.165, 1.54) is 6.07 Å². The number of pyridine rings is 1. The maximum absolute atomic E-state index is 13.7. The minimum Gasteiger partial charge on any atom is -0.356 e. The molecule has 0 spiro atoms. The molecule has 0 atom stereocenters. The molecule has 0 bridgehead atoms. The van der Waals surface area contributed by atoms with Crippen LogP contribution >= 0.6 is 47.2 Å². The molecule has 0 saturated carbocycles. The number of hydrogen-bond donors (Lipinski definition) is 2. The summed E-state index contributed by atoms with van der Waals surface area (Å²) in [5, 5.41) is 7.27. The van der Waals surface area contributed by atoms with Crippen molar-refractivity contribution in [3.63, 3.8) is 0 Å². The summed E-state index contributed by atoms with van der Waals surface area (Å²) in [7, 11) is 1.69. The second-order valence-electron chi connectivity index (χ2n) is 5.12. The van der Waals surface area contributed by atoms with Gasteiger partial charge in [-0.15, -0.1) is 24.0 Å². The predicted molar refractivity (Wildman–Crippen MR) is 113 cm³/mol. The third-order valence-corrected chi connectivity index (χ3v) is 4.03. The zero-order chi connectivity index (χ0) is 17.4. The number of rotatable bonds is 6. The van der Waals surface area contributed by atoms with Gasteiger partial charge in [-0.05, 0) is 36.6 Å². The minimum absolute atomic E-state index is 0. The lowest BCUT2D eigenvalue weighted by molar-refractivity contribution is 0.607. The highest BCUT2D eigenvalue weighted by molar-refractivity contribution is 14.0. The van der Waals surface area contributed by atoms with Crippen molar-refractivity contribution in [1.82, 2.24) is 15.6 Å². The summed E-state index contributed by atoms with van der Waals surface area (Å²) < 4.78 is 13.7. The van der Waals surface area contributed by atoms with Crippen molar-refractivity contribution >= 4 is 53.1 Å². The first-order chi connectivity index (χ1) is 11.6. The maximum atomic E-state index is 13.7. The Bertz CT molecular complexity index is 675. The second-order valence-corrected chi connectivity index (χ2v) is 5.91. The summed E-state index contributed by atoms with van der Waals surface area (Å²) >= 11 is 11.8. The van der Waals surface area contributed by atoms with E-state index in [9.17, 15) is 4.39 Å². The average Bonchev–Trinajstić information content (AvgIpc) is 2.57. The quantitative estimate of drug-likeness (QED) is 0.274. The van der Waals surface area contributed by atoms with Crippen LogP contribution in [0.3, 0.4) is 0 Å². The number of hydrogen-bond acceptors (Lipinski definition) is 2. The molecular formula is C17H20Cl2FIN4. The standard InChI is InChI=1S/C17H19Cl2FN4.HI/c1-21-17(22-9-7-12-5-6-16(19)24-11-12)23-10-8-13-14(18)3-2-4-15(13)20;/h2-6,11H,7-10H2,1H3,(H2,21,22,23);1H. The van der Waals surface area contributed by atoms with Crippen LogP contribution in [0, 0.1) is 5.82 Å².